The molecule has 0 unspecified atom stereocenters. The van der Waals surface area contributed by atoms with E-state index in [1.165, 1.54) is 10.9 Å². The van der Waals surface area contributed by atoms with Gasteiger partial charge in [0.1, 0.15) is 5.56 Å². The average Bonchev–Trinajstić information content (AvgIpc) is 2.72. The number of carbonyl (C=O) groups excluding carboxylic acids is 1. The van der Waals surface area contributed by atoms with Crippen LogP contribution in [0.5, 0.6) is 5.88 Å². The Balaban J connectivity index is 2.16. The van der Waals surface area contributed by atoms with Gasteiger partial charge in [0.2, 0.25) is 5.88 Å². The SMILES string of the molecule is CCOC(=O)c1cn(Cc2cccnc2)nc1O. The quantitative estimate of drug-likeness (QED) is 0.822. The number of esters is 1. The van der Waals surface area contributed by atoms with Gasteiger partial charge in [0.15, 0.2) is 0 Å². The number of carbonyl (C=O) groups is 1. The lowest BCUT2D eigenvalue weighted by atomic mass is 10.3. The van der Waals surface area contributed by atoms with E-state index in [0.29, 0.717) is 6.54 Å². The summed E-state index contributed by atoms with van der Waals surface area (Å²) < 4.78 is 6.28. The molecule has 0 radical (unpaired) electrons. The molecule has 2 heterocycles. The van der Waals surface area contributed by atoms with E-state index in [2.05, 4.69) is 10.1 Å². The maximum atomic E-state index is 11.5. The molecule has 0 aliphatic heterocycles. The Bertz CT molecular complexity index is 537. The van der Waals surface area contributed by atoms with Crippen LogP contribution in [0.3, 0.4) is 0 Å². The molecule has 0 atom stereocenters. The highest BCUT2D eigenvalue weighted by molar-refractivity contribution is 5.91. The normalized spacial score (nSPS) is 10.3. The van der Waals surface area contributed by atoms with Crippen molar-refractivity contribution >= 4 is 5.97 Å². The van der Waals surface area contributed by atoms with Crippen LogP contribution in [0, 0.1) is 0 Å². The zero-order valence-electron chi connectivity index (χ0n) is 9.91. The van der Waals surface area contributed by atoms with Gasteiger partial charge in [-0.25, -0.2) is 4.79 Å². The zero-order chi connectivity index (χ0) is 13.0. The van der Waals surface area contributed by atoms with Crippen LogP contribution in [0.15, 0.2) is 30.7 Å². The van der Waals surface area contributed by atoms with Gasteiger partial charge in [0.05, 0.1) is 13.2 Å². The topological polar surface area (TPSA) is 77.2 Å². The Morgan fingerprint density at radius 3 is 3.06 bits per heavy atom. The predicted octanol–water partition coefficient (Wildman–Crippen LogP) is 1.21. The molecule has 2 aromatic heterocycles. The summed E-state index contributed by atoms with van der Waals surface area (Å²) in [7, 11) is 0. The first kappa shape index (κ1) is 12.1. The maximum absolute atomic E-state index is 11.5. The zero-order valence-corrected chi connectivity index (χ0v) is 9.91. The molecular formula is C12H13N3O3. The van der Waals surface area contributed by atoms with Crippen molar-refractivity contribution < 1.29 is 14.6 Å². The fourth-order valence-corrected chi connectivity index (χ4v) is 1.52. The van der Waals surface area contributed by atoms with Crippen LogP contribution >= 0.6 is 0 Å². The Morgan fingerprint density at radius 1 is 1.56 bits per heavy atom. The fraction of sp³-hybridized carbons (Fsp3) is 0.250. The number of ether oxygens (including phenoxy) is 1. The molecule has 94 valence electrons. The summed E-state index contributed by atoms with van der Waals surface area (Å²) in [6.07, 6.45) is 4.83. The standard InChI is InChI=1S/C12H13N3O3/c1-2-18-12(17)10-8-15(14-11(10)16)7-9-4-3-5-13-6-9/h3-6,8H,2,7H2,1H3,(H,14,16). The van der Waals surface area contributed by atoms with Crippen LogP contribution < -0.4 is 0 Å². The molecule has 6 heteroatoms. The molecule has 2 aromatic rings. The van der Waals surface area contributed by atoms with Gasteiger partial charge in [0, 0.05) is 18.6 Å². The van der Waals surface area contributed by atoms with Gasteiger partial charge >= 0.3 is 5.97 Å². The third kappa shape index (κ3) is 2.65. The van der Waals surface area contributed by atoms with E-state index >= 15 is 0 Å². The number of hydrogen-bond donors (Lipinski definition) is 1. The van der Waals surface area contributed by atoms with E-state index in [-0.39, 0.29) is 18.1 Å². The molecule has 0 saturated heterocycles. The second-order valence-corrected chi connectivity index (χ2v) is 3.65. The Labute approximate surface area is 104 Å². The van der Waals surface area contributed by atoms with Gasteiger partial charge < -0.3 is 9.84 Å². The molecule has 0 aliphatic carbocycles. The van der Waals surface area contributed by atoms with Gasteiger partial charge in [-0.05, 0) is 18.6 Å². The van der Waals surface area contributed by atoms with Crippen molar-refractivity contribution in [3.05, 3.63) is 41.9 Å². The number of aromatic hydroxyl groups is 1. The van der Waals surface area contributed by atoms with Crippen LogP contribution in [-0.2, 0) is 11.3 Å². The molecule has 0 bridgehead atoms. The number of aromatic nitrogens is 3. The van der Waals surface area contributed by atoms with Crippen LogP contribution in [0.2, 0.25) is 0 Å². The minimum absolute atomic E-state index is 0.0701. The third-order valence-electron chi connectivity index (χ3n) is 2.30. The third-order valence-corrected chi connectivity index (χ3v) is 2.30. The number of nitrogens with zero attached hydrogens (tertiary/aromatic N) is 3. The Kier molecular flexibility index (Phi) is 3.57. The highest BCUT2D eigenvalue weighted by atomic mass is 16.5. The van der Waals surface area contributed by atoms with E-state index in [9.17, 15) is 9.90 Å². The first-order valence-electron chi connectivity index (χ1n) is 5.53. The van der Waals surface area contributed by atoms with Crippen molar-refractivity contribution in [2.75, 3.05) is 6.61 Å². The van der Waals surface area contributed by atoms with Gasteiger partial charge in [0.25, 0.3) is 0 Å². The van der Waals surface area contributed by atoms with Crippen molar-refractivity contribution in [1.82, 2.24) is 14.8 Å². The van der Waals surface area contributed by atoms with E-state index in [1.807, 2.05) is 12.1 Å². The van der Waals surface area contributed by atoms with Crippen molar-refractivity contribution in [2.24, 2.45) is 0 Å². The van der Waals surface area contributed by atoms with Gasteiger partial charge in [-0.15, -0.1) is 5.10 Å². The molecule has 1 N–H and O–H groups in total. The van der Waals surface area contributed by atoms with E-state index < -0.39 is 5.97 Å². The molecule has 18 heavy (non-hydrogen) atoms. The summed E-state index contributed by atoms with van der Waals surface area (Å²) in [4.78, 5) is 15.5. The van der Waals surface area contributed by atoms with E-state index in [4.69, 9.17) is 4.74 Å². The smallest absolute Gasteiger partial charge is 0.345 e. The molecule has 0 fully saturated rings. The van der Waals surface area contributed by atoms with Gasteiger partial charge in [-0.3, -0.25) is 9.67 Å². The van der Waals surface area contributed by atoms with Crippen molar-refractivity contribution in [1.29, 1.82) is 0 Å². The van der Waals surface area contributed by atoms with Crippen molar-refractivity contribution in [3.8, 4) is 5.88 Å². The number of pyridine rings is 1. The summed E-state index contributed by atoms with van der Waals surface area (Å²) in [5.74, 6) is -0.898. The van der Waals surface area contributed by atoms with E-state index in [1.54, 1.807) is 19.3 Å². The second kappa shape index (κ2) is 5.31. The Hall–Kier alpha value is -2.37. The van der Waals surface area contributed by atoms with Gasteiger partial charge in [-0.2, -0.15) is 0 Å². The maximum Gasteiger partial charge on any atom is 0.345 e. The lowest BCUT2D eigenvalue weighted by molar-refractivity contribution is 0.0523. The van der Waals surface area contributed by atoms with Crippen molar-refractivity contribution in [2.45, 2.75) is 13.5 Å². The highest BCUT2D eigenvalue weighted by Crippen LogP contribution is 2.15. The minimum atomic E-state index is -0.576. The average molecular weight is 247 g/mol. The molecule has 6 nitrogen and oxygen atoms in total. The molecule has 2 rings (SSSR count). The molecule has 0 aliphatic rings. The van der Waals surface area contributed by atoms with Crippen LogP contribution in [-0.4, -0.2) is 32.4 Å². The first-order valence-corrected chi connectivity index (χ1v) is 5.53. The minimum Gasteiger partial charge on any atom is -0.492 e. The van der Waals surface area contributed by atoms with E-state index in [0.717, 1.165) is 5.56 Å². The lowest BCUT2D eigenvalue weighted by Gasteiger charge is -1.99. The fourth-order valence-electron chi connectivity index (χ4n) is 1.52. The van der Waals surface area contributed by atoms with Crippen LogP contribution in [0.1, 0.15) is 22.8 Å². The molecular weight excluding hydrogens is 234 g/mol. The summed E-state index contributed by atoms with van der Waals surface area (Å²) in [6.45, 7) is 2.39. The summed E-state index contributed by atoms with van der Waals surface area (Å²) >= 11 is 0. The van der Waals surface area contributed by atoms with Crippen LogP contribution in [0.25, 0.3) is 0 Å². The molecule has 0 spiro atoms. The summed E-state index contributed by atoms with van der Waals surface area (Å²) in [5, 5.41) is 13.4. The highest BCUT2D eigenvalue weighted by Gasteiger charge is 2.16. The lowest BCUT2D eigenvalue weighted by Crippen LogP contribution is -2.04. The predicted molar refractivity (Wildman–Crippen MR) is 63.2 cm³/mol. The summed E-state index contributed by atoms with van der Waals surface area (Å²) in [5.41, 5.74) is 0.996. The summed E-state index contributed by atoms with van der Waals surface area (Å²) in [6, 6.07) is 3.70. The van der Waals surface area contributed by atoms with Gasteiger partial charge in [-0.1, -0.05) is 6.07 Å². The largest absolute Gasteiger partial charge is 0.492 e. The molecule has 0 saturated carbocycles. The van der Waals surface area contributed by atoms with Crippen molar-refractivity contribution in [3.63, 3.8) is 0 Å². The molecule has 0 amide bonds. The second-order valence-electron chi connectivity index (χ2n) is 3.65. The first-order chi connectivity index (χ1) is 8.70. The number of hydrogen-bond acceptors (Lipinski definition) is 5. The molecule has 0 aromatic carbocycles. The Morgan fingerprint density at radius 2 is 2.39 bits per heavy atom. The monoisotopic (exact) mass is 247 g/mol. The van der Waals surface area contributed by atoms with Crippen LogP contribution in [0.4, 0.5) is 0 Å². The number of rotatable bonds is 4.